The molecule has 3 heterocycles. The van der Waals surface area contributed by atoms with Crippen LogP contribution in [-0.4, -0.2) is 24.9 Å². The van der Waals surface area contributed by atoms with Crippen molar-refractivity contribution in [1.82, 2.24) is 24.9 Å². The molecule has 4 aromatic rings. The number of rotatable bonds is 4. The first kappa shape index (κ1) is 15.5. The van der Waals surface area contributed by atoms with Gasteiger partial charge in [0.25, 0.3) is 0 Å². The van der Waals surface area contributed by atoms with Crippen LogP contribution in [0.4, 0.5) is 5.82 Å². The Balaban J connectivity index is 1.74. The normalized spacial score (nSPS) is 11.6. The number of H-pyrrole nitrogens is 1. The molecule has 4 rings (SSSR count). The average Bonchev–Trinajstić information content (AvgIpc) is 3.00. The lowest BCUT2D eigenvalue weighted by molar-refractivity contribution is 1.09. The zero-order valence-corrected chi connectivity index (χ0v) is 15.3. The number of benzene rings is 1. The maximum atomic E-state index is 7.97. The zero-order chi connectivity index (χ0) is 19.0. The number of anilines is 1. The number of aryl methyl sites for hydroxylation is 1. The fourth-order valence-corrected chi connectivity index (χ4v) is 3.17. The quantitative estimate of drug-likeness (QED) is 0.534. The third kappa shape index (κ3) is 3.47. The van der Waals surface area contributed by atoms with E-state index in [9.17, 15) is 0 Å². The number of pyridine rings is 1. The molecule has 0 saturated heterocycles. The summed E-state index contributed by atoms with van der Waals surface area (Å²) in [5.74, 6) is 0.940. The second kappa shape index (κ2) is 6.90. The van der Waals surface area contributed by atoms with Crippen LogP contribution in [0.3, 0.4) is 0 Å². The number of hydrogen-bond donors (Lipinski definition) is 2. The first-order valence-corrected chi connectivity index (χ1v) is 8.60. The van der Waals surface area contributed by atoms with Crippen molar-refractivity contribution in [3.8, 4) is 11.4 Å². The largest absolute Gasteiger partial charge is 0.364 e. The minimum Gasteiger partial charge on any atom is -0.364 e. The van der Waals surface area contributed by atoms with Crippen molar-refractivity contribution in [2.45, 2.75) is 13.5 Å². The molecule has 8 heteroatoms. The molecule has 0 spiro atoms. The van der Waals surface area contributed by atoms with Gasteiger partial charge >= 0.3 is 0 Å². The maximum Gasteiger partial charge on any atom is 0.169 e. The first-order valence-electron chi connectivity index (χ1n) is 8.29. The monoisotopic (exact) mass is 385 g/mol. The van der Waals surface area contributed by atoms with E-state index in [1.807, 2.05) is 25.1 Å². The second-order valence-corrected chi connectivity index (χ2v) is 6.70. The van der Waals surface area contributed by atoms with Crippen LogP contribution >= 0.6 is 23.2 Å². The van der Waals surface area contributed by atoms with Gasteiger partial charge in [0.2, 0.25) is 0 Å². The summed E-state index contributed by atoms with van der Waals surface area (Å²) < 4.78 is 7.97. The Morgan fingerprint density at radius 1 is 1.12 bits per heavy atom. The van der Waals surface area contributed by atoms with Gasteiger partial charge in [-0.15, -0.1) is 0 Å². The number of aromatic nitrogens is 5. The summed E-state index contributed by atoms with van der Waals surface area (Å²) in [6.07, 6.45) is 4.55. The van der Waals surface area contributed by atoms with E-state index >= 15 is 0 Å². The molecule has 3 aromatic heterocycles. The van der Waals surface area contributed by atoms with Crippen LogP contribution in [0.25, 0.3) is 22.6 Å². The topological polar surface area (TPSA) is 79.4 Å². The van der Waals surface area contributed by atoms with Gasteiger partial charge in [0.1, 0.15) is 5.52 Å². The van der Waals surface area contributed by atoms with E-state index in [-0.39, 0.29) is 0 Å². The van der Waals surface area contributed by atoms with Gasteiger partial charge < -0.3 is 10.3 Å². The van der Waals surface area contributed by atoms with Crippen LogP contribution in [0.1, 0.15) is 11.1 Å². The highest BCUT2D eigenvalue weighted by atomic mass is 35.5. The van der Waals surface area contributed by atoms with Gasteiger partial charge in [-0.2, -0.15) is 0 Å². The number of fused-ring (bicyclic) bond motifs is 1. The molecule has 0 unspecified atom stereocenters. The Morgan fingerprint density at radius 2 is 2.00 bits per heavy atom. The van der Waals surface area contributed by atoms with E-state index in [1.54, 1.807) is 18.5 Å². The fourth-order valence-electron chi connectivity index (χ4n) is 2.68. The summed E-state index contributed by atoms with van der Waals surface area (Å²) in [6.45, 7) is 2.50. The molecular formula is C18H14Cl2N6. The van der Waals surface area contributed by atoms with Crippen molar-refractivity contribution < 1.29 is 1.41 Å². The Morgan fingerprint density at radius 3 is 2.81 bits per heavy atom. The minimum absolute atomic E-state index is 0.393. The van der Waals surface area contributed by atoms with Crippen LogP contribution in [-0.2, 0) is 6.54 Å². The number of imidazole rings is 1. The Bertz CT molecular complexity index is 1120. The molecular weight excluding hydrogens is 371 g/mol. The van der Waals surface area contributed by atoms with Crippen molar-refractivity contribution in [2.24, 2.45) is 0 Å². The van der Waals surface area contributed by atoms with Crippen LogP contribution in [0.15, 0.2) is 43.0 Å². The highest BCUT2D eigenvalue weighted by Crippen LogP contribution is 2.24. The summed E-state index contributed by atoms with van der Waals surface area (Å²) in [6, 6.07) is 7.57. The van der Waals surface area contributed by atoms with E-state index in [1.165, 1.54) is 6.33 Å². The van der Waals surface area contributed by atoms with Crippen LogP contribution < -0.4 is 5.32 Å². The predicted molar refractivity (Wildman–Crippen MR) is 103 cm³/mol. The molecule has 0 saturated carbocycles. The highest BCUT2D eigenvalue weighted by molar-refractivity contribution is 6.31. The molecule has 0 amide bonds. The molecule has 0 radical (unpaired) electrons. The smallest absolute Gasteiger partial charge is 0.169 e. The summed E-state index contributed by atoms with van der Waals surface area (Å²) in [5, 5.41) is 4.44. The van der Waals surface area contributed by atoms with Crippen LogP contribution in [0, 0.1) is 6.92 Å². The molecule has 0 aliphatic rings. The molecule has 0 aliphatic heterocycles. The number of hydrogen-bond acceptors (Lipinski definition) is 5. The van der Waals surface area contributed by atoms with E-state index in [0.29, 0.717) is 45.0 Å². The number of nitrogens with one attached hydrogen (secondary N) is 2. The summed E-state index contributed by atoms with van der Waals surface area (Å²) in [5.41, 5.74) is 3.66. The van der Waals surface area contributed by atoms with Crippen LogP contribution in [0.5, 0.6) is 0 Å². The van der Waals surface area contributed by atoms with E-state index in [0.717, 1.165) is 16.1 Å². The fraction of sp³-hybridized carbons (Fsp3) is 0.111. The number of aromatic amines is 1. The third-order valence-corrected chi connectivity index (χ3v) is 4.18. The third-order valence-electron chi connectivity index (χ3n) is 3.76. The molecule has 0 fully saturated rings. The van der Waals surface area contributed by atoms with Gasteiger partial charge in [-0.25, -0.2) is 15.0 Å². The molecule has 0 bridgehead atoms. The minimum atomic E-state index is 0.393. The second-order valence-electron chi connectivity index (χ2n) is 5.82. The lowest BCUT2D eigenvalue weighted by Gasteiger charge is -2.09. The Kier molecular flexibility index (Phi) is 4.12. The molecule has 0 aliphatic carbocycles. The lowest BCUT2D eigenvalue weighted by atomic mass is 10.1. The van der Waals surface area contributed by atoms with Gasteiger partial charge in [-0.3, -0.25) is 4.98 Å². The van der Waals surface area contributed by atoms with Crippen molar-refractivity contribution in [3.05, 3.63) is 64.2 Å². The molecule has 0 atom stereocenters. The molecule has 1 aromatic carbocycles. The number of halogens is 2. The molecule has 2 N–H and O–H groups in total. The van der Waals surface area contributed by atoms with Crippen molar-refractivity contribution >= 4 is 40.2 Å². The molecule has 6 nitrogen and oxygen atoms in total. The van der Waals surface area contributed by atoms with Gasteiger partial charge in [-0.05, 0) is 36.2 Å². The SMILES string of the molecule is [2H]n1cnc2c(NCc3cc(C)cc(Cl)c3)nc(-c3cncc(Cl)c3)nc21. The van der Waals surface area contributed by atoms with E-state index < -0.39 is 0 Å². The highest BCUT2D eigenvalue weighted by Gasteiger charge is 2.12. The maximum absolute atomic E-state index is 7.97. The summed E-state index contributed by atoms with van der Waals surface area (Å²) in [7, 11) is 0. The van der Waals surface area contributed by atoms with Gasteiger partial charge in [0, 0.05) is 29.5 Å². The zero-order valence-electron chi connectivity index (χ0n) is 14.7. The van der Waals surface area contributed by atoms with E-state index in [2.05, 4.69) is 25.3 Å². The molecule has 130 valence electrons. The lowest BCUT2D eigenvalue weighted by Crippen LogP contribution is -2.04. The Hall–Kier alpha value is -2.70. The van der Waals surface area contributed by atoms with Crippen molar-refractivity contribution in [1.29, 1.82) is 0 Å². The van der Waals surface area contributed by atoms with E-state index in [4.69, 9.17) is 24.6 Å². The van der Waals surface area contributed by atoms with Gasteiger partial charge in [-0.1, -0.05) is 29.3 Å². The van der Waals surface area contributed by atoms with Gasteiger partial charge in [0.15, 0.2) is 18.7 Å². The van der Waals surface area contributed by atoms with Crippen LogP contribution in [0.2, 0.25) is 11.5 Å². The predicted octanol–water partition coefficient (Wildman–Crippen LogP) is 4.64. The Labute approximate surface area is 161 Å². The standard InChI is InChI=1S/C18H14Cl2N6/c1-10-2-11(4-13(19)3-10)6-22-17-15-18(24-9-23-15)26-16(25-17)12-5-14(20)8-21-7-12/h2-5,7-9H,6H2,1H3,(H2,22,23,24,25,26)/i/hD. The van der Waals surface area contributed by atoms with Crippen molar-refractivity contribution in [3.63, 3.8) is 0 Å². The first-order chi connectivity index (χ1) is 13.0. The summed E-state index contributed by atoms with van der Waals surface area (Å²) in [4.78, 5) is 18.4. The van der Waals surface area contributed by atoms with Gasteiger partial charge in [0.05, 0.1) is 11.3 Å². The molecule has 26 heavy (non-hydrogen) atoms. The summed E-state index contributed by atoms with van der Waals surface area (Å²) >= 11 is 12.2. The van der Waals surface area contributed by atoms with Crippen molar-refractivity contribution in [2.75, 3.05) is 5.32 Å². The average molecular weight is 386 g/mol. The number of nitrogens with zero attached hydrogens (tertiary/aromatic N) is 4.